The van der Waals surface area contributed by atoms with Gasteiger partial charge in [-0.15, -0.1) is 0 Å². The van der Waals surface area contributed by atoms with E-state index in [0.717, 1.165) is 51.1 Å². The van der Waals surface area contributed by atoms with Crippen molar-refractivity contribution in [1.82, 2.24) is 24.8 Å². The van der Waals surface area contributed by atoms with Gasteiger partial charge in [0.1, 0.15) is 22.8 Å². The number of hydrogen-bond acceptors (Lipinski definition) is 11. The minimum Gasteiger partial charge on any atom is -0.494 e. The summed E-state index contributed by atoms with van der Waals surface area (Å²) in [4.78, 5) is 22.9. The first-order valence-corrected chi connectivity index (χ1v) is 17.2. The molecule has 1 saturated heterocycles. The van der Waals surface area contributed by atoms with Crippen molar-refractivity contribution in [3.63, 3.8) is 0 Å². The number of sulfonamides is 1. The van der Waals surface area contributed by atoms with Crippen molar-refractivity contribution in [3.05, 3.63) is 52.9 Å². The molecule has 2 aromatic carbocycles. The Kier molecular flexibility index (Phi) is 8.49. The Balaban J connectivity index is 1.35. The monoisotopic (exact) mass is 681 g/mol. The Morgan fingerprint density at radius 3 is 2.48 bits per heavy atom. The van der Waals surface area contributed by atoms with Crippen LogP contribution >= 0.6 is 15.9 Å². The molecule has 12 nitrogen and oxygen atoms in total. The third-order valence-electron chi connectivity index (χ3n) is 7.94. The number of fused-ring (bicyclic) bond motifs is 1. The van der Waals surface area contributed by atoms with Gasteiger partial charge in [0.05, 0.1) is 34.7 Å². The molecule has 2 fully saturated rings. The van der Waals surface area contributed by atoms with Gasteiger partial charge in [-0.1, -0.05) is 6.92 Å². The lowest BCUT2D eigenvalue weighted by atomic mass is 10.1. The van der Waals surface area contributed by atoms with Gasteiger partial charge in [-0.3, -0.25) is 14.3 Å². The second-order valence-electron chi connectivity index (χ2n) is 11.1. The molecule has 0 bridgehead atoms. The summed E-state index contributed by atoms with van der Waals surface area (Å²) < 4.78 is 33.9. The molecule has 6 rings (SSSR count). The first-order chi connectivity index (χ1) is 21.2. The predicted octanol–water partition coefficient (Wildman–Crippen LogP) is 4.92. The number of piperazine rings is 1. The van der Waals surface area contributed by atoms with Gasteiger partial charge in [0.25, 0.3) is 0 Å². The third-order valence-corrected chi connectivity index (χ3v) is 9.71. The molecule has 44 heavy (non-hydrogen) atoms. The Bertz CT molecular complexity index is 1790. The summed E-state index contributed by atoms with van der Waals surface area (Å²) in [5.74, 6) is 1.51. The molecule has 0 unspecified atom stereocenters. The summed E-state index contributed by atoms with van der Waals surface area (Å²) >= 11 is 3.57. The van der Waals surface area contributed by atoms with Crippen LogP contribution in [0.4, 0.5) is 34.5 Å². The van der Waals surface area contributed by atoms with Crippen molar-refractivity contribution in [2.24, 2.45) is 0 Å². The lowest BCUT2D eigenvalue weighted by Crippen LogP contribution is -2.44. The van der Waals surface area contributed by atoms with Gasteiger partial charge in [0.2, 0.25) is 16.0 Å². The van der Waals surface area contributed by atoms with Crippen LogP contribution in [0, 0.1) is 0 Å². The van der Waals surface area contributed by atoms with E-state index in [0.29, 0.717) is 44.4 Å². The fourth-order valence-corrected chi connectivity index (χ4v) is 7.10. The average molecular weight is 683 g/mol. The van der Waals surface area contributed by atoms with E-state index in [2.05, 4.69) is 77.4 Å². The summed E-state index contributed by atoms with van der Waals surface area (Å²) in [6.07, 6.45) is 8.46. The Morgan fingerprint density at radius 2 is 1.80 bits per heavy atom. The number of benzene rings is 2. The molecule has 2 aromatic heterocycles. The number of aryl methyl sites for hydroxylation is 1. The third kappa shape index (κ3) is 6.24. The number of rotatable bonds is 10. The van der Waals surface area contributed by atoms with Crippen molar-refractivity contribution in [1.29, 1.82) is 0 Å². The molecule has 2 aliphatic rings. The Hall–Kier alpha value is -3.75. The fourth-order valence-electron chi connectivity index (χ4n) is 5.54. The topological polar surface area (TPSA) is 129 Å². The highest BCUT2D eigenvalue weighted by Gasteiger charge is 2.38. The van der Waals surface area contributed by atoms with Crippen molar-refractivity contribution < 1.29 is 13.2 Å². The molecule has 1 saturated carbocycles. The van der Waals surface area contributed by atoms with E-state index in [-0.39, 0.29) is 6.04 Å². The highest BCUT2D eigenvalue weighted by molar-refractivity contribution is 9.10. The van der Waals surface area contributed by atoms with E-state index in [1.165, 1.54) is 21.8 Å². The minimum absolute atomic E-state index is 0.127. The van der Waals surface area contributed by atoms with Crippen LogP contribution in [0.1, 0.15) is 25.3 Å². The van der Waals surface area contributed by atoms with E-state index in [1.54, 1.807) is 25.7 Å². The molecule has 1 aliphatic heterocycles. The number of methoxy groups -OCH3 is 1. The molecule has 232 valence electrons. The zero-order chi connectivity index (χ0) is 31.0. The first-order valence-electron chi connectivity index (χ1n) is 14.6. The van der Waals surface area contributed by atoms with Crippen LogP contribution in [-0.2, 0) is 16.4 Å². The van der Waals surface area contributed by atoms with Crippen LogP contribution < -0.4 is 24.6 Å². The highest BCUT2D eigenvalue weighted by atomic mass is 79.9. The maximum Gasteiger partial charge on any atom is 0.232 e. The molecule has 2 N–H and O–H groups in total. The van der Waals surface area contributed by atoms with Crippen LogP contribution in [0.3, 0.4) is 0 Å². The summed E-state index contributed by atoms with van der Waals surface area (Å²) in [5.41, 5.74) is 5.24. The van der Waals surface area contributed by atoms with Crippen LogP contribution in [0.5, 0.6) is 5.75 Å². The van der Waals surface area contributed by atoms with Gasteiger partial charge < -0.3 is 25.2 Å². The zero-order valence-electron chi connectivity index (χ0n) is 25.2. The van der Waals surface area contributed by atoms with Crippen molar-refractivity contribution in [3.8, 4) is 5.75 Å². The molecular weight excluding hydrogens is 646 g/mol. The van der Waals surface area contributed by atoms with E-state index in [1.807, 2.05) is 12.1 Å². The average Bonchev–Trinajstić information content (AvgIpc) is 3.84. The van der Waals surface area contributed by atoms with Gasteiger partial charge in [-0.2, -0.15) is 4.98 Å². The standard InChI is InChI=1S/C30H36BrN9O3S/c1-5-19-16-24(26(43-3)17-25(19)39-14-12-38(2)13-15-39)36-30-34-18-21(31)29(37-30)35-23-9-8-22-27(33-11-10-32-22)28(23)40(20-6-7-20)44(4,41)42/h8-11,16-18,20H,5-7,12-15H2,1-4H3,(H2,34,35,36,37). The maximum absolute atomic E-state index is 13.0. The summed E-state index contributed by atoms with van der Waals surface area (Å²) in [7, 11) is 0.209. The van der Waals surface area contributed by atoms with Crippen LogP contribution in [0.25, 0.3) is 11.0 Å². The second-order valence-corrected chi connectivity index (χ2v) is 13.9. The summed E-state index contributed by atoms with van der Waals surface area (Å²) in [5, 5.41) is 6.69. The number of halogens is 1. The number of anilines is 6. The number of ether oxygens (including phenoxy) is 1. The number of nitrogens with one attached hydrogen (secondary N) is 2. The molecule has 0 atom stereocenters. The number of nitrogens with zero attached hydrogens (tertiary/aromatic N) is 7. The highest BCUT2D eigenvalue weighted by Crippen LogP contribution is 2.43. The van der Waals surface area contributed by atoms with Gasteiger partial charge in [0.15, 0.2) is 0 Å². The van der Waals surface area contributed by atoms with Crippen molar-refractivity contribution in [2.75, 3.05) is 66.4 Å². The number of hydrogen-bond donors (Lipinski definition) is 2. The van der Waals surface area contributed by atoms with E-state index in [4.69, 9.17) is 9.72 Å². The Morgan fingerprint density at radius 1 is 1.05 bits per heavy atom. The minimum atomic E-state index is -3.60. The van der Waals surface area contributed by atoms with Gasteiger partial charge in [0, 0.05) is 62.6 Å². The van der Waals surface area contributed by atoms with E-state index in [9.17, 15) is 8.42 Å². The number of aromatic nitrogens is 4. The molecule has 0 radical (unpaired) electrons. The first kappa shape index (κ1) is 30.3. The normalized spacial score (nSPS) is 15.8. The van der Waals surface area contributed by atoms with E-state index >= 15 is 0 Å². The Labute approximate surface area is 266 Å². The molecule has 14 heteroatoms. The summed E-state index contributed by atoms with van der Waals surface area (Å²) in [6, 6.07) is 7.69. The maximum atomic E-state index is 13.0. The van der Waals surface area contributed by atoms with Gasteiger partial charge in [-0.05, 0) is 66.0 Å². The lowest BCUT2D eigenvalue weighted by Gasteiger charge is -2.35. The van der Waals surface area contributed by atoms with Crippen molar-refractivity contribution >= 4 is 71.5 Å². The summed E-state index contributed by atoms with van der Waals surface area (Å²) in [6.45, 7) is 6.11. The molecule has 1 aliphatic carbocycles. The largest absolute Gasteiger partial charge is 0.494 e. The molecule has 4 aromatic rings. The van der Waals surface area contributed by atoms with Gasteiger partial charge >= 0.3 is 0 Å². The van der Waals surface area contributed by atoms with Gasteiger partial charge in [-0.25, -0.2) is 13.4 Å². The zero-order valence-corrected chi connectivity index (χ0v) is 27.6. The molecule has 0 spiro atoms. The molecule has 0 amide bonds. The van der Waals surface area contributed by atoms with E-state index < -0.39 is 10.0 Å². The van der Waals surface area contributed by atoms with Crippen LogP contribution in [0.2, 0.25) is 0 Å². The fraction of sp³-hybridized carbons (Fsp3) is 0.400. The molecule has 3 heterocycles. The van der Waals surface area contributed by atoms with Crippen LogP contribution in [-0.4, -0.2) is 85.9 Å². The second kappa shape index (κ2) is 12.3. The van der Waals surface area contributed by atoms with Crippen LogP contribution in [0.15, 0.2) is 47.3 Å². The lowest BCUT2D eigenvalue weighted by molar-refractivity contribution is 0.312. The predicted molar refractivity (Wildman–Crippen MR) is 178 cm³/mol. The molecular formula is C30H36BrN9O3S. The SMILES string of the molecule is CCc1cc(Nc2ncc(Br)c(Nc3ccc4nccnc4c3N(C3CC3)S(C)(=O)=O)n2)c(OC)cc1N1CCN(C)CC1. The van der Waals surface area contributed by atoms with Crippen molar-refractivity contribution in [2.45, 2.75) is 32.2 Å². The quantitative estimate of drug-likeness (QED) is 0.237. The number of likely N-dealkylation sites (N-methyl/N-ethyl adjacent to an activating group) is 1. The smallest absolute Gasteiger partial charge is 0.232 e.